The fraction of sp³-hybridized carbons (Fsp3) is 0.353. The van der Waals surface area contributed by atoms with Gasteiger partial charge in [-0.25, -0.2) is 13.4 Å². The number of rotatable bonds is 7. The molecule has 3 rings (SSSR count). The summed E-state index contributed by atoms with van der Waals surface area (Å²) in [6.07, 6.45) is 1.48. The highest BCUT2D eigenvalue weighted by Gasteiger charge is 2.24. The van der Waals surface area contributed by atoms with E-state index in [1.54, 1.807) is 6.07 Å². The Balaban J connectivity index is 2.10. The van der Waals surface area contributed by atoms with Gasteiger partial charge in [-0.3, -0.25) is 14.6 Å². The Bertz CT molecular complexity index is 1180. The summed E-state index contributed by atoms with van der Waals surface area (Å²) in [6, 6.07) is 4.36. The maximum Gasteiger partial charge on any atom is 0.298 e. The molecule has 150 valence electrons. The predicted octanol–water partition coefficient (Wildman–Crippen LogP) is 1.50. The van der Waals surface area contributed by atoms with E-state index in [0.717, 1.165) is 10.9 Å². The predicted molar refractivity (Wildman–Crippen MR) is 103 cm³/mol. The molecule has 0 spiro atoms. The number of aromatic amines is 1. The van der Waals surface area contributed by atoms with Crippen LogP contribution >= 0.6 is 0 Å². The molecule has 0 bridgehead atoms. The topological polar surface area (TPSA) is 128 Å². The van der Waals surface area contributed by atoms with Crippen molar-refractivity contribution < 1.29 is 17.9 Å². The van der Waals surface area contributed by atoms with Gasteiger partial charge in [-0.15, -0.1) is 0 Å². The molecule has 0 fully saturated rings. The van der Waals surface area contributed by atoms with E-state index >= 15 is 0 Å². The Labute approximate surface area is 161 Å². The summed E-state index contributed by atoms with van der Waals surface area (Å²) in [5.74, 6) is 1.24. The molecule has 0 aliphatic heterocycles. The lowest BCUT2D eigenvalue weighted by atomic mass is 10.3. The molecule has 2 N–H and O–H groups in total. The van der Waals surface area contributed by atoms with Crippen LogP contribution in [0.4, 0.5) is 5.69 Å². The summed E-state index contributed by atoms with van der Waals surface area (Å²) in [5, 5.41) is 2.85. The smallest absolute Gasteiger partial charge is 0.298 e. The Morgan fingerprint density at radius 2 is 1.96 bits per heavy atom. The number of hydrogen-bond acceptors (Lipinski definition) is 7. The first-order valence-electron chi connectivity index (χ1n) is 8.53. The van der Waals surface area contributed by atoms with Gasteiger partial charge >= 0.3 is 0 Å². The molecule has 0 saturated carbocycles. The van der Waals surface area contributed by atoms with Gasteiger partial charge < -0.3 is 9.47 Å². The van der Waals surface area contributed by atoms with Gasteiger partial charge in [0.1, 0.15) is 27.9 Å². The van der Waals surface area contributed by atoms with Crippen LogP contribution in [0.1, 0.15) is 24.9 Å². The van der Waals surface area contributed by atoms with Crippen molar-refractivity contribution >= 4 is 21.5 Å². The first-order valence-corrected chi connectivity index (χ1v) is 10.0. The van der Waals surface area contributed by atoms with E-state index < -0.39 is 15.6 Å². The lowest BCUT2D eigenvalue weighted by molar-refractivity contribution is 0.392. The average Bonchev–Trinajstić information content (AvgIpc) is 3.07. The molecular weight excluding hydrogens is 386 g/mol. The molecule has 0 unspecified atom stereocenters. The minimum absolute atomic E-state index is 0.117. The first-order chi connectivity index (χ1) is 13.3. The highest BCUT2D eigenvalue weighted by atomic mass is 32.2. The molecule has 2 aromatic heterocycles. The molecule has 2 heterocycles. The van der Waals surface area contributed by atoms with Crippen LogP contribution in [0, 0.1) is 6.92 Å². The summed E-state index contributed by atoms with van der Waals surface area (Å²) in [7, 11) is -1.37. The van der Waals surface area contributed by atoms with Crippen molar-refractivity contribution in [3.8, 4) is 11.5 Å². The maximum absolute atomic E-state index is 12.9. The number of aromatic nitrogens is 4. The second kappa shape index (κ2) is 7.50. The highest BCUT2D eigenvalue weighted by Crippen LogP contribution is 2.29. The number of hydrogen-bond donors (Lipinski definition) is 2. The molecule has 0 radical (unpaired) electrons. The van der Waals surface area contributed by atoms with Gasteiger partial charge in [-0.2, -0.15) is 9.50 Å². The normalized spacial score (nSPS) is 11.6. The molecule has 0 saturated heterocycles. The first kappa shape index (κ1) is 19.7. The number of ether oxygens (including phenoxy) is 2. The number of sulfonamides is 1. The van der Waals surface area contributed by atoms with Gasteiger partial charge in [0.05, 0.1) is 19.9 Å². The summed E-state index contributed by atoms with van der Waals surface area (Å²) in [4.78, 5) is 21.1. The van der Waals surface area contributed by atoms with E-state index in [9.17, 15) is 13.2 Å². The number of benzene rings is 1. The third-order valence-electron chi connectivity index (χ3n) is 4.11. The third-order valence-corrected chi connectivity index (χ3v) is 5.48. The molecule has 28 heavy (non-hydrogen) atoms. The lowest BCUT2D eigenvalue weighted by Crippen LogP contribution is -2.25. The molecule has 3 aromatic rings. The highest BCUT2D eigenvalue weighted by molar-refractivity contribution is 7.92. The van der Waals surface area contributed by atoms with Gasteiger partial charge in [0.2, 0.25) is 0 Å². The SMILES string of the molecule is CCCc1nc2nc(C)c(NS(=O)(=O)c3cc(OC)ccc3OC)c(=O)n2[nH]1. The van der Waals surface area contributed by atoms with Crippen molar-refractivity contribution in [1.29, 1.82) is 0 Å². The number of nitrogens with one attached hydrogen (secondary N) is 2. The Morgan fingerprint density at radius 1 is 1.21 bits per heavy atom. The number of anilines is 1. The van der Waals surface area contributed by atoms with E-state index in [1.165, 1.54) is 33.3 Å². The van der Waals surface area contributed by atoms with Crippen molar-refractivity contribution in [2.45, 2.75) is 31.6 Å². The molecule has 0 aliphatic rings. The third kappa shape index (κ3) is 3.52. The van der Waals surface area contributed by atoms with Crippen molar-refractivity contribution in [2.24, 2.45) is 0 Å². The second-order valence-electron chi connectivity index (χ2n) is 6.06. The summed E-state index contributed by atoms with van der Waals surface area (Å²) in [6.45, 7) is 3.52. The Hall–Kier alpha value is -3.08. The van der Waals surface area contributed by atoms with Crippen LogP contribution < -0.4 is 19.8 Å². The largest absolute Gasteiger partial charge is 0.497 e. The van der Waals surface area contributed by atoms with E-state index in [1.807, 2.05) is 6.92 Å². The van der Waals surface area contributed by atoms with E-state index in [-0.39, 0.29) is 27.8 Å². The number of fused-ring (bicyclic) bond motifs is 1. The molecule has 0 aliphatic carbocycles. The average molecular weight is 407 g/mol. The molecule has 0 atom stereocenters. The Morgan fingerprint density at radius 3 is 2.61 bits per heavy atom. The fourth-order valence-corrected chi connectivity index (χ4v) is 4.01. The minimum atomic E-state index is -4.15. The zero-order valence-electron chi connectivity index (χ0n) is 15.9. The van der Waals surface area contributed by atoms with Crippen LogP contribution in [0.2, 0.25) is 0 Å². The van der Waals surface area contributed by atoms with Crippen LogP contribution in [0.15, 0.2) is 27.9 Å². The number of aryl methyl sites for hydroxylation is 2. The van der Waals surface area contributed by atoms with Crippen molar-refractivity contribution in [1.82, 2.24) is 19.6 Å². The van der Waals surface area contributed by atoms with Gasteiger partial charge in [0.25, 0.3) is 21.4 Å². The van der Waals surface area contributed by atoms with Crippen molar-refractivity contribution in [3.63, 3.8) is 0 Å². The second-order valence-corrected chi connectivity index (χ2v) is 7.71. The van der Waals surface area contributed by atoms with Gasteiger partial charge in [-0.1, -0.05) is 6.92 Å². The molecule has 11 heteroatoms. The van der Waals surface area contributed by atoms with E-state index in [0.29, 0.717) is 18.0 Å². The molecular formula is C17H21N5O5S. The number of nitrogens with zero attached hydrogens (tertiary/aromatic N) is 3. The fourth-order valence-electron chi connectivity index (χ4n) is 2.71. The summed E-state index contributed by atoms with van der Waals surface area (Å²) >= 11 is 0. The summed E-state index contributed by atoms with van der Waals surface area (Å²) < 4.78 is 39.6. The van der Waals surface area contributed by atoms with Crippen LogP contribution in [0.25, 0.3) is 5.78 Å². The zero-order chi connectivity index (χ0) is 20.5. The molecule has 0 amide bonds. The van der Waals surface area contributed by atoms with Crippen molar-refractivity contribution in [2.75, 3.05) is 18.9 Å². The molecule has 1 aromatic carbocycles. The van der Waals surface area contributed by atoms with Crippen molar-refractivity contribution in [3.05, 3.63) is 40.1 Å². The zero-order valence-corrected chi connectivity index (χ0v) is 16.8. The Kier molecular flexibility index (Phi) is 5.27. The van der Waals surface area contributed by atoms with Gasteiger partial charge in [-0.05, 0) is 25.5 Å². The van der Waals surface area contributed by atoms with Gasteiger partial charge in [0, 0.05) is 12.5 Å². The van der Waals surface area contributed by atoms with E-state index in [2.05, 4.69) is 19.8 Å². The minimum Gasteiger partial charge on any atom is -0.497 e. The standard InChI is InChI=1S/C17H21N5O5S/c1-5-6-14-19-17-18-10(2)15(16(23)22(17)20-14)21-28(24,25)13-9-11(26-3)7-8-12(13)27-4/h7-9,21H,5-6H2,1-4H3,(H,18,19,20). The quantitative estimate of drug-likeness (QED) is 0.607. The monoisotopic (exact) mass is 407 g/mol. The molecule has 10 nitrogen and oxygen atoms in total. The summed E-state index contributed by atoms with van der Waals surface area (Å²) in [5.41, 5.74) is -0.554. The van der Waals surface area contributed by atoms with Crippen LogP contribution in [-0.4, -0.2) is 42.2 Å². The van der Waals surface area contributed by atoms with Gasteiger partial charge in [0.15, 0.2) is 0 Å². The van der Waals surface area contributed by atoms with Crippen LogP contribution in [0.3, 0.4) is 0 Å². The number of methoxy groups -OCH3 is 2. The van der Waals surface area contributed by atoms with Crippen LogP contribution in [-0.2, 0) is 16.4 Å². The number of H-pyrrole nitrogens is 1. The van der Waals surface area contributed by atoms with E-state index in [4.69, 9.17) is 9.47 Å². The lowest BCUT2D eigenvalue weighted by Gasteiger charge is -2.13. The van der Waals surface area contributed by atoms with Crippen LogP contribution in [0.5, 0.6) is 11.5 Å². The maximum atomic E-state index is 12.9.